The predicted octanol–water partition coefficient (Wildman–Crippen LogP) is 3.28. The Kier molecular flexibility index (Phi) is 8.14. The second kappa shape index (κ2) is 10.6. The Bertz CT molecular complexity index is 1010. The Hall–Kier alpha value is -2.61. The van der Waals surface area contributed by atoms with Crippen molar-refractivity contribution in [3.8, 4) is 0 Å². The number of carbonyl (C=O) groups excluding carboxylic acids is 4. The summed E-state index contributed by atoms with van der Waals surface area (Å²) in [5.74, 6) is -1.46. The number of nitrogens with one attached hydrogen (secondary N) is 1. The summed E-state index contributed by atoms with van der Waals surface area (Å²) >= 11 is 6.27. The fourth-order valence-corrected chi connectivity index (χ4v) is 5.06. The van der Waals surface area contributed by atoms with Crippen LogP contribution in [0.15, 0.2) is 18.2 Å². The summed E-state index contributed by atoms with van der Waals surface area (Å²) in [5, 5.41) is 3.42. The Morgan fingerprint density at radius 3 is 2.51 bits per heavy atom. The van der Waals surface area contributed by atoms with E-state index in [4.69, 9.17) is 16.3 Å². The number of hydrogen-bond acceptors (Lipinski definition) is 6. The quantitative estimate of drug-likeness (QED) is 0.451. The van der Waals surface area contributed by atoms with Gasteiger partial charge in [0.25, 0.3) is 0 Å². The summed E-state index contributed by atoms with van der Waals surface area (Å²) in [7, 11) is 0. The maximum atomic E-state index is 13.1. The van der Waals surface area contributed by atoms with E-state index in [1.54, 1.807) is 25.7 Å². The first-order chi connectivity index (χ1) is 16.3. The maximum absolute atomic E-state index is 13.1. The molecule has 1 aromatic carbocycles. The Morgan fingerprint density at radius 2 is 1.94 bits per heavy atom. The molecular weight excluding hydrogens is 470 g/mol. The van der Waals surface area contributed by atoms with E-state index in [9.17, 15) is 19.2 Å². The van der Waals surface area contributed by atoms with E-state index >= 15 is 0 Å². The van der Waals surface area contributed by atoms with E-state index in [0.29, 0.717) is 19.6 Å². The van der Waals surface area contributed by atoms with Gasteiger partial charge in [0.05, 0.1) is 12.8 Å². The lowest BCUT2D eigenvalue weighted by atomic mass is 9.86. The van der Waals surface area contributed by atoms with E-state index < -0.39 is 23.0 Å². The first-order valence-corrected chi connectivity index (χ1v) is 12.6. The van der Waals surface area contributed by atoms with Crippen molar-refractivity contribution in [2.24, 2.45) is 0 Å². The first-order valence-electron chi connectivity index (χ1n) is 12.2. The van der Waals surface area contributed by atoms with Crippen LogP contribution in [0.25, 0.3) is 0 Å². The fourth-order valence-electron chi connectivity index (χ4n) is 4.81. The molecule has 2 aliphatic rings. The van der Waals surface area contributed by atoms with Crippen molar-refractivity contribution in [1.29, 1.82) is 0 Å². The highest BCUT2D eigenvalue weighted by molar-refractivity contribution is 6.31. The predicted molar refractivity (Wildman–Crippen MR) is 134 cm³/mol. The molecule has 3 rings (SSSR count). The van der Waals surface area contributed by atoms with Crippen LogP contribution in [0.2, 0.25) is 5.02 Å². The van der Waals surface area contributed by atoms with Crippen LogP contribution in [0, 0.1) is 0 Å². The molecule has 192 valence electrons. The SMILES string of the molecule is CCc1cc(N2CCN(C(=O)CCC3(CC(=O)OC(C)(C)C)NC(=O)CC3=O)C[C@@H]2C)ccc1Cl. The molecule has 35 heavy (non-hydrogen) atoms. The highest BCUT2D eigenvalue weighted by atomic mass is 35.5. The molecule has 0 radical (unpaired) electrons. The van der Waals surface area contributed by atoms with Crippen molar-refractivity contribution in [1.82, 2.24) is 10.2 Å². The lowest BCUT2D eigenvalue weighted by molar-refractivity contribution is -0.158. The van der Waals surface area contributed by atoms with Gasteiger partial charge in [-0.05, 0) is 64.3 Å². The Labute approximate surface area is 212 Å². The minimum Gasteiger partial charge on any atom is -0.460 e. The van der Waals surface area contributed by atoms with Crippen molar-refractivity contribution in [2.75, 3.05) is 24.5 Å². The van der Waals surface area contributed by atoms with Crippen LogP contribution in [-0.4, -0.2) is 65.3 Å². The van der Waals surface area contributed by atoms with Crippen molar-refractivity contribution in [3.05, 3.63) is 28.8 Å². The van der Waals surface area contributed by atoms with Gasteiger partial charge in [-0.2, -0.15) is 0 Å². The molecule has 1 aromatic rings. The molecule has 2 saturated heterocycles. The molecule has 2 heterocycles. The van der Waals surface area contributed by atoms with Crippen LogP contribution in [-0.2, 0) is 30.3 Å². The molecule has 2 amide bonds. The number of aryl methyl sites for hydroxylation is 1. The molecule has 2 aliphatic heterocycles. The normalized spacial score (nSPS) is 22.9. The average molecular weight is 506 g/mol. The zero-order valence-corrected chi connectivity index (χ0v) is 22.0. The van der Waals surface area contributed by atoms with Gasteiger partial charge >= 0.3 is 5.97 Å². The van der Waals surface area contributed by atoms with Crippen molar-refractivity contribution in [3.63, 3.8) is 0 Å². The maximum Gasteiger partial charge on any atom is 0.309 e. The van der Waals surface area contributed by atoms with Crippen molar-refractivity contribution >= 4 is 40.9 Å². The molecule has 9 heteroatoms. The van der Waals surface area contributed by atoms with E-state index in [-0.39, 0.29) is 43.4 Å². The summed E-state index contributed by atoms with van der Waals surface area (Å²) in [6.07, 6.45) is 0.416. The minimum atomic E-state index is -1.39. The number of Topliss-reactive ketones (excluding diaryl/α,β-unsaturated/α-hetero) is 1. The summed E-state index contributed by atoms with van der Waals surface area (Å²) in [5.41, 5.74) is 0.0785. The molecule has 8 nitrogen and oxygen atoms in total. The number of benzene rings is 1. The van der Waals surface area contributed by atoms with Gasteiger partial charge in [-0.15, -0.1) is 0 Å². The number of nitrogens with zero attached hydrogens (tertiary/aromatic N) is 2. The van der Waals surface area contributed by atoms with Crippen LogP contribution in [0.4, 0.5) is 5.69 Å². The molecule has 2 atom stereocenters. The third kappa shape index (κ3) is 6.54. The molecule has 1 N–H and O–H groups in total. The standard InChI is InChI=1S/C26H36ClN3O5/c1-6-18-13-19(7-8-20(18)27)30-12-11-29(16-17(30)2)23(33)9-10-26(21(31)14-22(32)28-26)15-24(34)35-25(3,4)5/h7-8,13,17H,6,9-12,14-16H2,1-5H3,(H,28,32)/t17-,26?/m0/s1. The highest BCUT2D eigenvalue weighted by Gasteiger charge is 2.48. The van der Waals surface area contributed by atoms with E-state index in [2.05, 4.69) is 30.1 Å². The van der Waals surface area contributed by atoms with Gasteiger partial charge in [-0.25, -0.2) is 0 Å². The topological polar surface area (TPSA) is 96.0 Å². The van der Waals surface area contributed by atoms with Gasteiger partial charge in [0, 0.05) is 42.8 Å². The molecular formula is C26H36ClN3O5. The summed E-state index contributed by atoms with van der Waals surface area (Å²) in [6, 6.07) is 6.12. The second-order valence-corrected chi connectivity index (χ2v) is 10.9. The number of anilines is 1. The first kappa shape index (κ1) is 27.0. The van der Waals surface area contributed by atoms with E-state index in [1.807, 2.05) is 12.1 Å². The number of esters is 1. The lowest BCUT2D eigenvalue weighted by Gasteiger charge is -2.41. The molecule has 1 unspecified atom stereocenters. The number of carbonyl (C=O) groups is 4. The molecule has 0 aliphatic carbocycles. The van der Waals surface area contributed by atoms with Gasteiger partial charge in [0.1, 0.15) is 11.1 Å². The monoisotopic (exact) mass is 505 g/mol. The van der Waals surface area contributed by atoms with Crippen LogP contribution in [0.1, 0.15) is 65.9 Å². The number of ether oxygens (including phenoxy) is 1. The van der Waals surface area contributed by atoms with Crippen molar-refractivity contribution < 1.29 is 23.9 Å². The number of ketones is 1. The molecule has 0 saturated carbocycles. The number of piperazine rings is 1. The largest absolute Gasteiger partial charge is 0.460 e. The average Bonchev–Trinajstić information content (AvgIpc) is 3.03. The van der Waals surface area contributed by atoms with Gasteiger partial charge in [-0.3, -0.25) is 19.2 Å². The van der Waals surface area contributed by atoms with Gasteiger partial charge in [0.2, 0.25) is 11.8 Å². The molecule has 2 fully saturated rings. The van der Waals surface area contributed by atoms with Gasteiger partial charge < -0.3 is 19.9 Å². The summed E-state index contributed by atoms with van der Waals surface area (Å²) in [6.45, 7) is 11.1. The molecule has 0 bridgehead atoms. The number of rotatable bonds is 7. The van der Waals surface area contributed by atoms with Crippen LogP contribution < -0.4 is 10.2 Å². The summed E-state index contributed by atoms with van der Waals surface area (Å²) in [4.78, 5) is 54.3. The number of halogens is 1. The molecule has 0 aromatic heterocycles. The van der Waals surface area contributed by atoms with Gasteiger partial charge in [-0.1, -0.05) is 18.5 Å². The lowest BCUT2D eigenvalue weighted by Crippen LogP contribution is -2.54. The zero-order chi connectivity index (χ0) is 26.0. The van der Waals surface area contributed by atoms with Gasteiger partial charge in [0.15, 0.2) is 5.78 Å². The smallest absolute Gasteiger partial charge is 0.309 e. The third-order valence-electron chi connectivity index (χ3n) is 6.59. The van der Waals surface area contributed by atoms with Crippen LogP contribution >= 0.6 is 11.6 Å². The number of hydrogen-bond donors (Lipinski definition) is 1. The number of amides is 2. The Morgan fingerprint density at radius 1 is 1.23 bits per heavy atom. The highest BCUT2D eigenvalue weighted by Crippen LogP contribution is 2.29. The van der Waals surface area contributed by atoms with Crippen LogP contribution in [0.5, 0.6) is 0 Å². The second-order valence-electron chi connectivity index (χ2n) is 10.5. The van der Waals surface area contributed by atoms with E-state index in [1.165, 1.54) is 0 Å². The third-order valence-corrected chi connectivity index (χ3v) is 6.96. The van der Waals surface area contributed by atoms with Crippen molar-refractivity contribution in [2.45, 2.75) is 83.9 Å². The Balaban J connectivity index is 1.63. The molecule has 0 spiro atoms. The minimum absolute atomic E-state index is 0.0580. The zero-order valence-electron chi connectivity index (χ0n) is 21.3. The van der Waals surface area contributed by atoms with Crippen LogP contribution in [0.3, 0.4) is 0 Å². The van der Waals surface area contributed by atoms with E-state index in [0.717, 1.165) is 22.7 Å². The summed E-state index contributed by atoms with van der Waals surface area (Å²) < 4.78 is 5.37. The fraction of sp³-hybridized carbons (Fsp3) is 0.615.